The molecule has 1 aromatic rings. The van der Waals surface area contributed by atoms with Crippen molar-refractivity contribution in [3.8, 4) is 0 Å². The van der Waals surface area contributed by atoms with Crippen molar-refractivity contribution in [2.75, 3.05) is 4.90 Å². The van der Waals surface area contributed by atoms with Gasteiger partial charge in [0.05, 0.1) is 0 Å². The van der Waals surface area contributed by atoms with E-state index < -0.39 is 0 Å². The Morgan fingerprint density at radius 1 is 1.44 bits per heavy atom. The van der Waals surface area contributed by atoms with E-state index in [9.17, 15) is 4.79 Å². The number of amides is 1. The Morgan fingerprint density at radius 2 is 2.11 bits per heavy atom. The van der Waals surface area contributed by atoms with Gasteiger partial charge in [-0.3, -0.25) is 4.79 Å². The van der Waals surface area contributed by atoms with Crippen LogP contribution < -0.4 is 4.90 Å². The lowest BCUT2D eigenvalue weighted by atomic mass is 9.79. The van der Waals surface area contributed by atoms with Crippen molar-refractivity contribution in [2.24, 2.45) is 0 Å². The molecule has 0 aromatic heterocycles. The number of anilines is 1. The highest BCUT2D eigenvalue weighted by Crippen LogP contribution is 2.43. The average Bonchev–Trinajstić information content (AvgIpc) is 2.26. The highest BCUT2D eigenvalue weighted by molar-refractivity contribution is 5.94. The van der Waals surface area contributed by atoms with Gasteiger partial charge >= 0.3 is 0 Å². The molecule has 98 valence electrons. The number of rotatable bonds is 1. The van der Waals surface area contributed by atoms with Crippen LogP contribution in [0.2, 0.25) is 0 Å². The van der Waals surface area contributed by atoms with Gasteiger partial charge in [-0.25, -0.2) is 0 Å². The van der Waals surface area contributed by atoms with E-state index in [1.165, 1.54) is 11.1 Å². The van der Waals surface area contributed by atoms with Crippen molar-refractivity contribution >= 4 is 11.6 Å². The Morgan fingerprint density at radius 3 is 2.67 bits per heavy atom. The summed E-state index contributed by atoms with van der Waals surface area (Å²) in [7, 11) is 0. The SMILES string of the molecule is CCc1ccc2c(c1)C(C)CC(C)(C)N2C(C)=O. The van der Waals surface area contributed by atoms with Gasteiger partial charge in [0.25, 0.3) is 0 Å². The fraction of sp³-hybridized carbons (Fsp3) is 0.562. The standard InChI is InChI=1S/C16H23NO/c1-6-13-7-8-15-14(9-13)11(2)10-16(4,5)17(15)12(3)18/h7-9,11H,6,10H2,1-5H3. The van der Waals surface area contributed by atoms with Crippen LogP contribution in [-0.4, -0.2) is 11.4 Å². The first kappa shape index (κ1) is 13.1. The monoisotopic (exact) mass is 245 g/mol. The van der Waals surface area contributed by atoms with Gasteiger partial charge in [-0.1, -0.05) is 26.0 Å². The third-order valence-corrected chi connectivity index (χ3v) is 4.00. The zero-order valence-electron chi connectivity index (χ0n) is 12.1. The molecule has 2 heteroatoms. The van der Waals surface area contributed by atoms with Crippen LogP contribution >= 0.6 is 0 Å². The van der Waals surface area contributed by atoms with Crippen LogP contribution in [0.25, 0.3) is 0 Å². The minimum absolute atomic E-state index is 0.0913. The summed E-state index contributed by atoms with van der Waals surface area (Å²) in [5.41, 5.74) is 3.68. The van der Waals surface area contributed by atoms with Gasteiger partial charge in [0.15, 0.2) is 0 Å². The molecule has 2 rings (SSSR count). The van der Waals surface area contributed by atoms with Gasteiger partial charge < -0.3 is 4.90 Å². The van der Waals surface area contributed by atoms with E-state index in [4.69, 9.17) is 0 Å². The molecule has 1 aliphatic heterocycles. The first-order chi connectivity index (χ1) is 8.36. The molecule has 0 saturated heterocycles. The Bertz CT molecular complexity index is 476. The van der Waals surface area contributed by atoms with E-state index in [1.807, 2.05) is 4.90 Å². The van der Waals surface area contributed by atoms with E-state index in [1.54, 1.807) is 6.92 Å². The molecule has 1 atom stereocenters. The summed E-state index contributed by atoms with van der Waals surface area (Å²) >= 11 is 0. The molecule has 1 aliphatic rings. The number of hydrogen-bond acceptors (Lipinski definition) is 1. The second-order valence-corrected chi connectivity index (χ2v) is 6.02. The molecule has 2 nitrogen and oxygen atoms in total. The number of carbonyl (C=O) groups is 1. The summed E-state index contributed by atoms with van der Waals surface area (Å²) in [4.78, 5) is 13.9. The topological polar surface area (TPSA) is 20.3 Å². The highest BCUT2D eigenvalue weighted by atomic mass is 16.2. The van der Waals surface area contributed by atoms with Crippen LogP contribution in [0.4, 0.5) is 5.69 Å². The first-order valence-electron chi connectivity index (χ1n) is 6.80. The van der Waals surface area contributed by atoms with E-state index in [0.29, 0.717) is 5.92 Å². The van der Waals surface area contributed by atoms with Gasteiger partial charge in [0, 0.05) is 18.2 Å². The Labute approximate surface area is 110 Å². The molecule has 0 spiro atoms. The number of fused-ring (bicyclic) bond motifs is 1. The second kappa shape index (κ2) is 4.42. The normalized spacial score (nSPS) is 21.6. The highest BCUT2D eigenvalue weighted by Gasteiger charge is 2.38. The molecule has 0 N–H and O–H groups in total. The van der Waals surface area contributed by atoms with E-state index in [0.717, 1.165) is 18.5 Å². The number of benzene rings is 1. The maximum Gasteiger partial charge on any atom is 0.224 e. The summed E-state index contributed by atoms with van der Waals surface area (Å²) in [6, 6.07) is 6.53. The zero-order chi connectivity index (χ0) is 13.5. The van der Waals surface area contributed by atoms with Crippen LogP contribution in [0.5, 0.6) is 0 Å². The molecular weight excluding hydrogens is 222 g/mol. The average molecular weight is 245 g/mol. The van der Waals surface area contributed by atoms with Crippen LogP contribution in [0.15, 0.2) is 18.2 Å². The third-order valence-electron chi connectivity index (χ3n) is 4.00. The maximum atomic E-state index is 12.0. The van der Waals surface area contributed by atoms with Gasteiger partial charge in [-0.2, -0.15) is 0 Å². The lowest BCUT2D eigenvalue weighted by Crippen LogP contribution is -2.50. The molecule has 1 unspecified atom stereocenters. The van der Waals surface area contributed by atoms with Crippen LogP contribution in [0, 0.1) is 0 Å². The van der Waals surface area contributed by atoms with Crippen molar-refractivity contribution in [3.05, 3.63) is 29.3 Å². The molecule has 18 heavy (non-hydrogen) atoms. The molecule has 0 fully saturated rings. The number of aryl methyl sites for hydroxylation is 1. The van der Waals surface area contributed by atoms with Crippen LogP contribution in [0.1, 0.15) is 58.1 Å². The van der Waals surface area contributed by atoms with E-state index in [2.05, 4.69) is 45.9 Å². The van der Waals surface area contributed by atoms with Crippen molar-refractivity contribution < 1.29 is 4.79 Å². The fourth-order valence-electron chi connectivity index (χ4n) is 3.29. The molecule has 0 radical (unpaired) electrons. The summed E-state index contributed by atoms with van der Waals surface area (Å²) in [5.74, 6) is 0.648. The molecule has 1 aromatic carbocycles. The van der Waals surface area contributed by atoms with E-state index in [-0.39, 0.29) is 11.4 Å². The zero-order valence-corrected chi connectivity index (χ0v) is 12.1. The molecule has 1 amide bonds. The fourth-order valence-corrected chi connectivity index (χ4v) is 3.29. The second-order valence-electron chi connectivity index (χ2n) is 6.02. The molecular formula is C16H23NO. The van der Waals surface area contributed by atoms with E-state index >= 15 is 0 Å². The van der Waals surface area contributed by atoms with Gasteiger partial charge in [-0.15, -0.1) is 0 Å². The third kappa shape index (κ3) is 2.05. The number of carbonyl (C=O) groups excluding carboxylic acids is 1. The lowest BCUT2D eigenvalue weighted by Gasteiger charge is -2.45. The van der Waals surface area contributed by atoms with Crippen LogP contribution in [0.3, 0.4) is 0 Å². The van der Waals surface area contributed by atoms with Crippen LogP contribution in [-0.2, 0) is 11.2 Å². The van der Waals surface area contributed by atoms with Crippen molar-refractivity contribution in [1.29, 1.82) is 0 Å². The molecule has 0 saturated carbocycles. The quantitative estimate of drug-likeness (QED) is 0.735. The number of hydrogen-bond donors (Lipinski definition) is 0. The van der Waals surface area contributed by atoms with Gasteiger partial charge in [0.2, 0.25) is 5.91 Å². The summed E-state index contributed by atoms with van der Waals surface area (Å²) in [5, 5.41) is 0. The lowest BCUT2D eigenvalue weighted by molar-refractivity contribution is -0.117. The Kier molecular flexibility index (Phi) is 3.22. The van der Waals surface area contributed by atoms with Crippen molar-refractivity contribution in [1.82, 2.24) is 0 Å². The smallest absolute Gasteiger partial charge is 0.224 e. The summed E-state index contributed by atoms with van der Waals surface area (Å²) < 4.78 is 0. The molecule has 1 heterocycles. The number of nitrogens with zero attached hydrogens (tertiary/aromatic N) is 1. The first-order valence-corrected chi connectivity index (χ1v) is 6.80. The van der Waals surface area contributed by atoms with Gasteiger partial charge in [0.1, 0.15) is 0 Å². The predicted molar refractivity (Wildman–Crippen MR) is 76.1 cm³/mol. The van der Waals surface area contributed by atoms with Crippen molar-refractivity contribution in [2.45, 2.75) is 58.9 Å². The molecule has 0 bridgehead atoms. The minimum Gasteiger partial charge on any atom is -0.307 e. The Hall–Kier alpha value is -1.31. The minimum atomic E-state index is -0.0913. The predicted octanol–water partition coefficient (Wildman–Crippen LogP) is 3.89. The Balaban J connectivity index is 2.58. The maximum absolute atomic E-state index is 12.0. The summed E-state index contributed by atoms with van der Waals surface area (Å²) in [6.45, 7) is 10.4. The largest absolute Gasteiger partial charge is 0.307 e. The summed E-state index contributed by atoms with van der Waals surface area (Å²) in [6.07, 6.45) is 2.07. The molecule has 0 aliphatic carbocycles. The van der Waals surface area contributed by atoms with Gasteiger partial charge in [-0.05, 0) is 49.8 Å². The van der Waals surface area contributed by atoms with Crippen molar-refractivity contribution in [3.63, 3.8) is 0 Å².